The van der Waals surface area contributed by atoms with Crippen LogP contribution in [0.2, 0.25) is 0 Å². The monoisotopic (exact) mass is 1080 g/mol. The first-order chi connectivity index (χ1) is 35.0. The number of H-pyrrole nitrogens is 1. The van der Waals surface area contributed by atoms with Gasteiger partial charge in [0.2, 0.25) is 5.95 Å². The van der Waals surface area contributed by atoms with Crippen LogP contribution in [-0.2, 0) is 42.6 Å². The minimum atomic E-state index is -0.578. The van der Waals surface area contributed by atoms with Crippen molar-refractivity contribution in [3.8, 4) is 5.75 Å². The number of nitrogen functional groups attached to an aromatic ring is 3. The number of aromatic hydroxyl groups is 1. The van der Waals surface area contributed by atoms with Crippen LogP contribution in [-0.4, -0.2) is 136 Å². The number of nitrogens with zero attached hydrogens (tertiary/aromatic N) is 7. The van der Waals surface area contributed by atoms with Gasteiger partial charge in [-0.3, -0.25) is 23.5 Å². The fourth-order valence-corrected chi connectivity index (χ4v) is 8.49. The molecule has 24 heteroatoms. The molecule has 23 nitrogen and oxygen atoms in total. The predicted molar refractivity (Wildman–Crippen MR) is 289 cm³/mol. The SMILES string of the molecule is CC.CC(C)OC[C@H]1O[C@@H](n2c(N)nc3c(N)ncnc32)C[C@H]1OC(C)C.CC(C)OC[C@H]1O[C@@H](n2cc(O)c(N)nc2=O)C[C@H]1OC(C)C.Cc1cn([C@H]2C[C@@H](OC(C)(C)C)[C@@H](COC(C)(C)C)O2)c(=S)[nH]c1=O. The molecule has 3 aliphatic rings. The highest BCUT2D eigenvalue weighted by molar-refractivity contribution is 7.71. The van der Waals surface area contributed by atoms with E-state index in [1.54, 1.807) is 22.3 Å². The van der Waals surface area contributed by atoms with E-state index in [-0.39, 0.29) is 102 Å². The number of rotatable bonds is 16. The number of anilines is 3. The standard InChI is InChI=1S/C18H30N2O4S.C16H26N6O3.C15H25N3O5.C2H6/c1-11-9-20(16(25)19-15(11)21)14-8-12(24-18(5,6)7)13(23-14)10-22-17(2,3)4;1-8(2)23-6-11-10(24-9(3)4)5-12(25-11)22-15-13(21-16(22)18)14(17)19-7-20-15;1-8(2)21-7-12-11(22-9(3)4)5-13(23-12)18-6-10(19)14(16)17-15(18)20;1-2/h9,12-14H,8,10H2,1-7H3,(H,19,21,25);7-12H,5-6H2,1-4H3,(H2,18,21)(H2,17,19,20);6,8-9,11-13,19H,5,7H2,1-4H3,(H2,16,17,20);1-2H3/t12-,13-,14-;10-,11-,12-;11-,12-,13-;/m111./s1. The fourth-order valence-electron chi connectivity index (χ4n) is 8.23. The highest BCUT2D eigenvalue weighted by atomic mass is 32.1. The smallest absolute Gasteiger partial charge is 0.351 e. The number of hydrogen-bond donors (Lipinski definition) is 5. The van der Waals surface area contributed by atoms with Crippen LogP contribution in [0.5, 0.6) is 5.75 Å². The normalized spacial score (nSPS) is 23.9. The maximum Gasteiger partial charge on any atom is 0.351 e. The highest BCUT2D eigenvalue weighted by Crippen LogP contribution is 2.37. The van der Waals surface area contributed by atoms with Crippen LogP contribution in [0.4, 0.5) is 17.6 Å². The lowest BCUT2D eigenvalue weighted by Gasteiger charge is -2.29. The second-order valence-electron chi connectivity index (χ2n) is 21.4. The first-order valence-corrected chi connectivity index (χ1v) is 26.4. The minimum Gasteiger partial charge on any atom is -0.503 e. The molecule has 9 atom stereocenters. The van der Waals surface area contributed by atoms with E-state index in [0.717, 1.165) is 0 Å². The fraction of sp³-hybridized carbons (Fsp3) is 0.745. The number of nitrogens with one attached hydrogen (secondary N) is 1. The molecular formula is C51H87N11O12S. The summed E-state index contributed by atoms with van der Waals surface area (Å²) in [6, 6.07) is 0. The Morgan fingerprint density at radius 2 is 1.21 bits per heavy atom. The first-order valence-electron chi connectivity index (χ1n) is 26.0. The first kappa shape index (κ1) is 62.9. The molecule has 0 aliphatic carbocycles. The number of aromatic nitrogens is 8. The Hall–Kier alpha value is -4.63. The zero-order valence-corrected chi connectivity index (χ0v) is 48.0. The molecule has 3 fully saturated rings. The van der Waals surface area contributed by atoms with Gasteiger partial charge in [0.15, 0.2) is 33.3 Å². The van der Waals surface area contributed by atoms with Crippen molar-refractivity contribution < 1.29 is 47.7 Å². The van der Waals surface area contributed by atoms with Gasteiger partial charge in [0, 0.05) is 31.0 Å². The molecular weight excluding hydrogens is 991 g/mol. The number of hydrogen-bond acceptors (Lipinski definition) is 20. The molecule has 3 saturated heterocycles. The van der Waals surface area contributed by atoms with Crippen molar-refractivity contribution in [2.24, 2.45) is 0 Å². The van der Waals surface area contributed by atoms with Crippen LogP contribution in [0.3, 0.4) is 0 Å². The number of ether oxygens (including phenoxy) is 9. The van der Waals surface area contributed by atoms with E-state index in [9.17, 15) is 14.7 Å². The summed E-state index contributed by atoms with van der Waals surface area (Å²) >= 11 is 5.30. The Morgan fingerprint density at radius 3 is 1.73 bits per heavy atom. The average molecular weight is 1080 g/mol. The minimum absolute atomic E-state index is 0.0265. The molecule has 0 aromatic carbocycles. The van der Waals surface area contributed by atoms with E-state index >= 15 is 0 Å². The van der Waals surface area contributed by atoms with Crippen molar-refractivity contribution in [2.75, 3.05) is 37.0 Å². The van der Waals surface area contributed by atoms with Gasteiger partial charge in [-0.05, 0) is 116 Å². The van der Waals surface area contributed by atoms with E-state index in [0.29, 0.717) is 72.3 Å². The van der Waals surface area contributed by atoms with Crippen molar-refractivity contribution in [3.05, 3.63) is 49.9 Å². The molecule has 0 amide bonds. The van der Waals surface area contributed by atoms with Gasteiger partial charge in [-0.25, -0.2) is 19.7 Å². The molecule has 0 bridgehead atoms. The molecule has 424 valence electrons. The predicted octanol–water partition coefficient (Wildman–Crippen LogP) is 7.06. The molecule has 0 unspecified atom stereocenters. The van der Waals surface area contributed by atoms with Gasteiger partial charge < -0.3 is 64.9 Å². The van der Waals surface area contributed by atoms with Crippen molar-refractivity contribution in [2.45, 2.75) is 228 Å². The van der Waals surface area contributed by atoms with Crippen LogP contribution < -0.4 is 28.5 Å². The van der Waals surface area contributed by atoms with Crippen LogP contribution in [0, 0.1) is 11.7 Å². The summed E-state index contributed by atoms with van der Waals surface area (Å²) in [5, 5.41) is 9.68. The lowest BCUT2D eigenvalue weighted by atomic mass is 10.1. The maximum atomic E-state index is 12.0. The Labute approximate surface area is 446 Å². The topological polar surface area (TPSA) is 298 Å². The second kappa shape index (κ2) is 27.6. The summed E-state index contributed by atoms with van der Waals surface area (Å²) in [4.78, 5) is 42.5. The lowest BCUT2D eigenvalue weighted by Crippen LogP contribution is -2.37. The molecule has 4 aromatic rings. The summed E-state index contributed by atoms with van der Waals surface area (Å²) in [5.74, 6) is 0.138. The summed E-state index contributed by atoms with van der Waals surface area (Å²) in [5.41, 5.74) is 17.7. The summed E-state index contributed by atoms with van der Waals surface area (Å²) < 4.78 is 58.8. The van der Waals surface area contributed by atoms with Gasteiger partial charge in [-0.2, -0.15) is 4.98 Å². The average Bonchev–Trinajstić information content (AvgIpc) is 4.08. The van der Waals surface area contributed by atoms with Crippen molar-refractivity contribution >= 4 is 41.0 Å². The van der Waals surface area contributed by atoms with E-state index < -0.39 is 11.9 Å². The molecule has 3 aliphatic heterocycles. The van der Waals surface area contributed by atoms with Crippen LogP contribution in [0.25, 0.3) is 11.2 Å². The van der Waals surface area contributed by atoms with Crippen molar-refractivity contribution in [1.29, 1.82) is 0 Å². The maximum absolute atomic E-state index is 12.0. The number of aryl methyl sites for hydroxylation is 1. The molecule has 75 heavy (non-hydrogen) atoms. The molecule has 0 spiro atoms. The highest BCUT2D eigenvalue weighted by Gasteiger charge is 2.42. The Balaban J connectivity index is 0.000000239. The Kier molecular flexibility index (Phi) is 23.2. The number of fused-ring (bicyclic) bond motifs is 1. The summed E-state index contributed by atoms with van der Waals surface area (Å²) in [7, 11) is 0. The number of imidazole rings is 1. The molecule has 7 rings (SSSR count). The zero-order chi connectivity index (χ0) is 56.3. The third-order valence-corrected chi connectivity index (χ3v) is 11.7. The van der Waals surface area contributed by atoms with E-state index in [1.807, 2.05) is 111 Å². The molecule has 0 saturated carbocycles. The van der Waals surface area contributed by atoms with Gasteiger partial charge in [0.25, 0.3) is 5.56 Å². The summed E-state index contributed by atoms with van der Waals surface area (Å²) in [6.07, 6.45) is 4.13. The van der Waals surface area contributed by atoms with Gasteiger partial charge in [-0.15, -0.1) is 0 Å². The molecule has 8 N–H and O–H groups in total. The Morgan fingerprint density at radius 1 is 0.707 bits per heavy atom. The van der Waals surface area contributed by atoms with Gasteiger partial charge in [0.05, 0.1) is 79.9 Å². The van der Waals surface area contributed by atoms with Crippen molar-refractivity contribution in [3.63, 3.8) is 0 Å². The number of aromatic amines is 1. The second-order valence-corrected chi connectivity index (χ2v) is 21.8. The molecule has 0 radical (unpaired) electrons. The lowest BCUT2D eigenvalue weighted by molar-refractivity contribution is -0.132. The van der Waals surface area contributed by atoms with E-state index in [2.05, 4.69) is 24.9 Å². The summed E-state index contributed by atoms with van der Waals surface area (Å²) in [6.45, 7) is 34.9. The van der Waals surface area contributed by atoms with Gasteiger partial charge in [0.1, 0.15) is 43.3 Å². The molecule has 4 aromatic heterocycles. The third kappa shape index (κ3) is 18.5. The number of nitrogens with two attached hydrogens (primary N) is 3. The van der Waals surface area contributed by atoms with Gasteiger partial charge >= 0.3 is 5.69 Å². The van der Waals surface area contributed by atoms with Crippen LogP contribution in [0.15, 0.2) is 28.3 Å². The zero-order valence-electron chi connectivity index (χ0n) is 47.2. The quantitative estimate of drug-likeness (QED) is 0.0701. The van der Waals surface area contributed by atoms with Crippen LogP contribution in [0.1, 0.15) is 154 Å². The molecule has 7 heterocycles. The van der Waals surface area contributed by atoms with Crippen molar-refractivity contribution in [1.82, 2.24) is 38.6 Å². The van der Waals surface area contributed by atoms with Crippen LogP contribution >= 0.6 is 12.2 Å². The van der Waals surface area contributed by atoms with E-state index in [4.69, 9.17) is 72.1 Å². The van der Waals surface area contributed by atoms with E-state index in [1.165, 1.54) is 17.1 Å². The van der Waals surface area contributed by atoms with Gasteiger partial charge in [-0.1, -0.05) is 13.8 Å². The largest absolute Gasteiger partial charge is 0.503 e. The Bertz CT molecular complexity index is 2590. The third-order valence-electron chi connectivity index (χ3n) is 11.4.